The van der Waals surface area contributed by atoms with Crippen LogP contribution in [-0.2, 0) is 6.18 Å². The number of alkyl halides is 3. The zero-order chi connectivity index (χ0) is 11.9. The summed E-state index contributed by atoms with van der Waals surface area (Å²) < 4.78 is 38.9. The summed E-state index contributed by atoms with van der Waals surface area (Å²) in [4.78, 5) is 3.76. The maximum atomic E-state index is 12.6. The van der Waals surface area contributed by atoms with Crippen molar-refractivity contribution in [3.63, 3.8) is 0 Å². The first-order valence-electron chi connectivity index (χ1n) is 4.07. The van der Waals surface area contributed by atoms with Crippen molar-refractivity contribution in [1.82, 2.24) is 9.38 Å². The lowest BCUT2D eigenvalue weighted by molar-refractivity contribution is -0.138. The van der Waals surface area contributed by atoms with Crippen molar-refractivity contribution >= 4 is 17.2 Å². The van der Waals surface area contributed by atoms with Gasteiger partial charge in [-0.15, -0.1) is 0 Å². The zero-order valence-electron chi connectivity index (χ0n) is 7.59. The van der Waals surface area contributed by atoms with Crippen LogP contribution in [0.4, 0.5) is 13.2 Å². The number of halogens is 4. The molecule has 0 aliphatic carbocycles. The van der Waals surface area contributed by atoms with Crippen LogP contribution in [0, 0.1) is 11.3 Å². The molecule has 0 atom stereocenters. The smallest absolute Gasteiger partial charge is 0.305 e. The second kappa shape index (κ2) is 3.39. The highest BCUT2D eigenvalue weighted by molar-refractivity contribution is 6.34. The average Bonchev–Trinajstić information content (AvgIpc) is 2.64. The summed E-state index contributed by atoms with van der Waals surface area (Å²) in [6, 6.07) is 1.45. The normalized spacial score (nSPS) is 11.7. The monoisotopic (exact) mass is 245 g/mol. The minimum atomic E-state index is -4.62. The van der Waals surface area contributed by atoms with Gasteiger partial charge < -0.3 is 4.40 Å². The van der Waals surface area contributed by atoms with Gasteiger partial charge in [0.15, 0.2) is 5.65 Å². The summed E-state index contributed by atoms with van der Waals surface area (Å²) in [7, 11) is 0. The van der Waals surface area contributed by atoms with E-state index in [0.717, 1.165) is 10.6 Å². The minimum Gasteiger partial charge on any atom is -0.305 e. The van der Waals surface area contributed by atoms with E-state index in [1.165, 1.54) is 18.5 Å². The minimum absolute atomic E-state index is 0.131. The molecule has 0 aromatic carbocycles. The van der Waals surface area contributed by atoms with E-state index < -0.39 is 17.3 Å². The molecule has 0 aliphatic rings. The molecule has 7 heteroatoms. The van der Waals surface area contributed by atoms with Crippen molar-refractivity contribution in [2.75, 3.05) is 0 Å². The van der Waals surface area contributed by atoms with E-state index in [1.807, 2.05) is 0 Å². The van der Waals surface area contributed by atoms with Crippen molar-refractivity contribution in [2.45, 2.75) is 6.18 Å². The first-order chi connectivity index (χ1) is 7.45. The predicted octanol–water partition coefficient (Wildman–Crippen LogP) is 2.88. The summed E-state index contributed by atoms with van der Waals surface area (Å²) in [6.07, 6.45) is -1.18. The Bertz CT molecular complexity index is 594. The van der Waals surface area contributed by atoms with Crippen LogP contribution in [0.25, 0.3) is 5.65 Å². The Hall–Kier alpha value is -1.74. The highest BCUT2D eigenvalue weighted by Gasteiger charge is 2.35. The molecule has 2 aromatic heterocycles. The van der Waals surface area contributed by atoms with Crippen LogP contribution in [0.15, 0.2) is 18.6 Å². The fourth-order valence-electron chi connectivity index (χ4n) is 1.35. The van der Waals surface area contributed by atoms with Crippen LogP contribution in [0.3, 0.4) is 0 Å². The van der Waals surface area contributed by atoms with Gasteiger partial charge in [-0.25, -0.2) is 4.98 Å². The first-order valence-corrected chi connectivity index (χ1v) is 4.45. The molecule has 0 radical (unpaired) electrons. The summed E-state index contributed by atoms with van der Waals surface area (Å²) in [5.74, 6) is 0. The Morgan fingerprint density at radius 1 is 1.44 bits per heavy atom. The quantitative estimate of drug-likeness (QED) is 0.716. The van der Waals surface area contributed by atoms with E-state index in [0.29, 0.717) is 0 Å². The van der Waals surface area contributed by atoms with Crippen molar-refractivity contribution in [2.24, 2.45) is 0 Å². The number of rotatable bonds is 0. The lowest BCUT2D eigenvalue weighted by Crippen LogP contribution is -2.10. The van der Waals surface area contributed by atoms with Crippen LogP contribution in [0.2, 0.25) is 5.02 Å². The second-order valence-corrected chi connectivity index (χ2v) is 3.38. The molecule has 0 bridgehead atoms. The van der Waals surface area contributed by atoms with E-state index in [9.17, 15) is 13.2 Å². The SMILES string of the molecule is N#Cc1c(C(F)(F)F)cn2ccnc2c1Cl. The molecule has 0 spiro atoms. The van der Waals surface area contributed by atoms with Crippen molar-refractivity contribution in [3.8, 4) is 6.07 Å². The molecule has 0 unspecified atom stereocenters. The molecule has 0 saturated carbocycles. The van der Waals surface area contributed by atoms with Gasteiger partial charge in [-0.05, 0) is 0 Å². The van der Waals surface area contributed by atoms with Gasteiger partial charge in [0.25, 0.3) is 0 Å². The lowest BCUT2D eigenvalue weighted by Gasteiger charge is -2.10. The Morgan fingerprint density at radius 2 is 2.12 bits per heavy atom. The van der Waals surface area contributed by atoms with Gasteiger partial charge in [0.05, 0.1) is 11.1 Å². The van der Waals surface area contributed by atoms with Gasteiger partial charge in [0.2, 0.25) is 0 Å². The van der Waals surface area contributed by atoms with Crippen LogP contribution < -0.4 is 0 Å². The molecule has 2 rings (SSSR count). The number of aromatic nitrogens is 2. The number of fused-ring (bicyclic) bond motifs is 1. The van der Waals surface area contributed by atoms with E-state index in [2.05, 4.69) is 4.98 Å². The number of hydrogen-bond acceptors (Lipinski definition) is 2. The number of pyridine rings is 1. The van der Waals surface area contributed by atoms with Crippen LogP contribution in [0.5, 0.6) is 0 Å². The zero-order valence-corrected chi connectivity index (χ0v) is 8.34. The molecule has 2 aromatic rings. The molecule has 82 valence electrons. The standard InChI is InChI=1S/C9H3ClF3N3/c10-7-5(3-14)6(9(11,12)13)4-16-2-1-15-8(7)16/h1-2,4H. The summed E-state index contributed by atoms with van der Waals surface area (Å²) in [5.41, 5.74) is -1.54. The number of nitrogens with zero attached hydrogens (tertiary/aromatic N) is 3. The molecule has 3 nitrogen and oxygen atoms in total. The Balaban J connectivity index is 2.89. The van der Waals surface area contributed by atoms with Gasteiger partial charge in [-0.1, -0.05) is 11.6 Å². The van der Waals surface area contributed by atoms with Gasteiger partial charge in [-0.3, -0.25) is 0 Å². The molecule has 0 amide bonds. The molecule has 0 saturated heterocycles. The van der Waals surface area contributed by atoms with Gasteiger partial charge in [0.1, 0.15) is 11.1 Å². The van der Waals surface area contributed by atoms with Gasteiger partial charge in [-0.2, -0.15) is 18.4 Å². The van der Waals surface area contributed by atoms with E-state index in [-0.39, 0.29) is 10.7 Å². The van der Waals surface area contributed by atoms with E-state index in [1.54, 1.807) is 0 Å². The average molecular weight is 246 g/mol. The molecule has 0 fully saturated rings. The maximum Gasteiger partial charge on any atom is 0.419 e. The molecule has 16 heavy (non-hydrogen) atoms. The summed E-state index contributed by atoms with van der Waals surface area (Å²) >= 11 is 5.69. The van der Waals surface area contributed by atoms with Gasteiger partial charge >= 0.3 is 6.18 Å². The molecule has 0 N–H and O–H groups in total. The highest BCUT2D eigenvalue weighted by Crippen LogP contribution is 2.35. The molecule has 0 aliphatic heterocycles. The number of nitriles is 1. The third-order valence-corrected chi connectivity index (χ3v) is 2.40. The van der Waals surface area contributed by atoms with Crippen molar-refractivity contribution < 1.29 is 13.2 Å². The van der Waals surface area contributed by atoms with E-state index >= 15 is 0 Å². The van der Waals surface area contributed by atoms with Crippen molar-refractivity contribution in [3.05, 3.63) is 34.7 Å². The number of hydrogen-bond donors (Lipinski definition) is 0. The maximum absolute atomic E-state index is 12.6. The topological polar surface area (TPSA) is 41.1 Å². The Kier molecular flexibility index (Phi) is 2.28. The van der Waals surface area contributed by atoms with Gasteiger partial charge in [0, 0.05) is 18.6 Å². The fraction of sp³-hybridized carbons (Fsp3) is 0.111. The second-order valence-electron chi connectivity index (χ2n) is 3.00. The third kappa shape index (κ3) is 1.49. The third-order valence-electron chi connectivity index (χ3n) is 2.04. The first kappa shape index (κ1) is 10.8. The molecular formula is C9H3ClF3N3. The Morgan fingerprint density at radius 3 is 2.69 bits per heavy atom. The largest absolute Gasteiger partial charge is 0.419 e. The van der Waals surface area contributed by atoms with Crippen molar-refractivity contribution in [1.29, 1.82) is 5.26 Å². The summed E-state index contributed by atoms with van der Waals surface area (Å²) in [5, 5.41) is 8.40. The molecular weight excluding hydrogens is 243 g/mol. The van der Waals surface area contributed by atoms with Crippen LogP contribution >= 0.6 is 11.6 Å². The lowest BCUT2D eigenvalue weighted by atomic mass is 10.1. The number of imidazole rings is 1. The summed E-state index contributed by atoms with van der Waals surface area (Å²) in [6.45, 7) is 0. The highest BCUT2D eigenvalue weighted by atomic mass is 35.5. The molecule has 2 heterocycles. The Labute approximate surface area is 92.7 Å². The van der Waals surface area contributed by atoms with Crippen LogP contribution in [-0.4, -0.2) is 9.38 Å². The fourth-order valence-corrected chi connectivity index (χ4v) is 1.64. The predicted molar refractivity (Wildman–Crippen MR) is 49.9 cm³/mol. The van der Waals surface area contributed by atoms with Crippen LogP contribution in [0.1, 0.15) is 11.1 Å². The van der Waals surface area contributed by atoms with E-state index in [4.69, 9.17) is 16.9 Å².